The van der Waals surface area contributed by atoms with Crippen molar-refractivity contribution in [2.45, 2.75) is 6.92 Å². The highest BCUT2D eigenvalue weighted by molar-refractivity contribution is 5.82. The summed E-state index contributed by atoms with van der Waals surface area (Å²) in [6.07, 6.45) is 1.49. The monoisotopic (exact) mass is 407 g/mol. The number of hydrogen-bond acceptors (Lipinski definition) is 7. The van der Waals surface area contributed by atoms with E-state index in [1.165, 1.54) is 25.4 Å². The van der Waals surface area contributed by atoms with Crippen LogP contribution in [0.4, 0.5) is 0 Å². The van der Waals surface area contributed by atoms with E-state index in [4.69, 9.17) is 9.15 Å². The first kappa shape index (κ1) is 19.1. The van der Waals surface area contributed by atoms with Crippen LogP contribution in [0.1, 0.15) is 5.76 Å². The molecule has 4 aromatic rings. The molecule has 0 saturated carbocycles. The number of imidazole rings is 1. The zero-order valence-corrected chi connectivity index (χ0v) is 16.0. The molecule has 0 fully saturated rings. The van der Waals surface area contributed by atoms with Crippen LogP contribution in [0, 0.1) is 6.92 Å². The number of aromatic amines is 2. The second-order valence-corrected chi connectivity index (χ2v) is 6.51. The van der Waals surface area contributed by atoms with Gasteiger partial charge < -0.3 is 29.3 Å². The largest absolute Gasteiger partial charge is 0.504 e. The first-order valence-electron chi connectivity index (χ1n) is 8.88. The average Bonchev–Trinajstić information content (AvgIpc) is 3.16. The normalized spacial score (nSPS) is 10.9. The van der Waals surface area contributed by atoms with Crippen molar-refractivity contribution in [2.75, 3.05) is 7.11 Å². The number of aromatic nitrogens is 3. The molecule has 0 amide bonds. The summed E-state index contributed by atoms with van der Waals surface area (Å²) in [4.78, 5) is 34.4. The lowest BCUT2D eigenvalue weighted by atomic mass is 10.1. The first-order valence-corrected chi connectivity index (χ1v) is 8.88. The van der Waals surface area contributed by atoms with E-state index in [0.717, 1.165) is 0 Å². The third-order valence-corrected chi connectivity index (χ3v) is 4.50. The molecule has 0 saturated heterocycles. The minimum atomic E-state index is -0.614. The molecule has 9 nitrogen and oxygen atoms in total. The molecule has 0 aliphatic carbocycles. The molecule has 3 heterocycles. The zero-order valence-electron chi connectivity index (χ0n) is 16.0. The Morgan fingerprint density at radius 2 is 1.93 bits per heavy atom. The van der Waals surface area contributed by atoms with Gasteiger partial charge in [0.2, 0.25) is 11.2 Å². The Morgan fingerprint density at radius 1 is 1.13 bits per heavy atom. The van der Waals surface area contributed by atoms with E-state index in [2.05, 4.69) is 15.0 Å². The topological polar surface area (TPSA) is 141 Å². The van der Waals surface area contributed by atoms with Gasteiger partial charge in [0.1, 0.15) is 23.0 Å². The number of phenols is 1. The number of methoxy groups -OCH3 is 1. The SMILES string of the molecule is COc1cc(-c2nc(-c3ccc[nH]c3=O)[nH]c2-c2oc(C)cc(=O)c2O)ccc1O. The van der Waals surface area contributed by atoms with E-state index in [1.807, 2.05) is 0 Å². The fourth-order valence-corrected chi connectivity index (χ4v) is 3.08. The third-order valence-electron chi connectivity index (χ3n) is 4.50. The Labute approximate surface area is 169 Å². The van der Waals surface area contributed by atoms with Gasteiger partial charge in [-0.25, -0.2) is 4.98 Å². The zero-order chi connectivity index (χ0) is 21.4. The number of ether oxygens (including phenoxy) is 1. The van der Waals surface area contributed by atoms with Crippen molar-refractivity contribution >= 4 is 0 Å². The van der Waals surface area contributed by atoms with E-state index in [1.54, 1.807) is 31.2 Å². The van der Waals surface area contributed by atoms with Crippen molar-refractivity contribution in [1.29, 1.82) is 0 Å². The number of rotatable bonds is 4. The van der Waals surface area contributed by atoms with Crippen molar-refractivity contribution in [3.05, 3.63) is 68.9 Å². The Kier molecular flexibility index (Phi) is 4.63. The van der Waals surface area contributed by atoms with Crippen molar-refractivity contribution in [1.82, 2.24) is 15.0 Å². The number of aromatic hydroxyl groups is 2. The smallest absolute Gasteiger partial charge is 0.258 e. The lowest BCUT2D eigenvalue weighted by molar-refractivity contribution is 0.373. The van der Waals surface area contributed by atoms with Gasteiger partial charge in [0, 0.05) is 17.8 Å². The van der Waals surface area contributed by atoms with Crippen LogP contribution in [0.3, 0.4) is 0 Å². The van der Waals surface area contributed by atoms with E-state index in [-0.39, 0.29) is 51.4 Å². The van der Waals surface area contributed by atoms with E-state index in [0.29, 0.717) is 5.56 Å². The number of nitrogens with one attached hydrogen (secondary N) is 2. The third kappa shape index (κ3) is 3.22. The minimum absolute atomic E-state index is 0.0667. The summed E-state index contributed by atoms with van der Waals surface area (Å²) < 4.78 is 10.8. The summed E-state index contributed by atoms with van der Waals surface area (Å²) in [7, 11) is 1.41. The van der Waals surface area contributed by atoms with Crippen molar-refractivity contribution in [2.24, 2.45) is 0 Å². The van der Waals surface area contributed by atoms with Crippen molar-refractivity contribution in [3.63, 3.8) is 0 Å². The lowest BCUT2D eigenvalue weighted by Gasteiger charge is -2.08. The standard InChI is InChI=1S/C21H17N3O6/c1-10-8-14(26)18(27)19(30-10)17-16(11-5-6-13(25)15(9-11)29-2)23-20(24-17)12-4-3-7-22-21(12)28/h3-9,25,27H,1-2H3,(H,22,28)(H,23,24). The highest BCUT2D eigenvalue weighted by Gasteiger charge is 2.23. The van der Waals surface area contributed by atoms with Crippen LogP contribution in [0.15, 0.2) is 56.6 Å². The molecular formula is C21H17N3O6. The predicted octanol–water partition coefficient (Wildman–Crippen LogP) is 2.78. The molecule has 152 valence electrons. The highest BCUT2D eigenvalue weighted by Crippen LogP contribution is 2.38. The van der Waals surface area contributed by atoms with Gasteiger partial charge in [0.15, 0.2) is 17.3 Å². The Morgan fingerprint density at radius 3 is 2.67 bits per heavy atom. The Balaban J connectivity index is 2.03. The molecule has 0 aliphatic heterocycles. The molecular weight excluding hydrogens is 390 g/mol. The van der Waals surface area contributed by atoms with Crippen molar-refractivity contribution < 1.29 is 19.4 Å². The molecule has 9 heteroatoms. The predicted molar refractivity (Wildman–Crippen MR) is 109 cm³/mol. The van der Waals surface area contributed by atoms with Crippen LogP contribution in [0.25, 0.3) is 34.1 Å². The molecule has 1 aromatic carbocycles. The molecule has 0 radical (unpaired) electrons. The van der Waals surface area contributed by atoms with E-state index >= 15 is 0 Å². The van der Waals surface area contributed by atoms with Gasteiger partial charge >= 0.3 is 0 Å². The number of aryl methyl sites for hydroxylation is 1. The fraction of sp³-hybridized carbons (Fsp3) is 0.0952. The average molecular weight is 407 g/mol. The lowest BCUT2D eigenvalue weighted by Crippen LogP contribution is -2.07. The van der Waals surface area contributed by atoms with Crippen LogP contribution in [0.5, 0.6) is 17.2 Å². The van der Waals surface area contributed by atoms with Crippen LogP contribution in [-0.2, 0) is 0 Å². The summed E-state index contributed by atoms with van der Waals surface area (Å²) in [5.74, 6) is -0.0791. The maximum absolute atomic E-state index is 12.2. The molecule has 0 spiro atoms. The minimum Gasteiger partial charge on any atom is -0.504 e. The van der Waals surface area contributed by atoms with Crippen molar-refractivity contribution in [3.8, 4) is 51.3 Å². The summed E-state index contributed by atoms with van der Waals surface area (Å²) in [5.41, 5.74) is 0.248. The van der Waals surface area contributed by atoms with Gasteiger partial charge in [0.05, 0.1) is 12.7 Å². The summed E-state index contributed by atoms with van der Waals surface area (Å²) >= 11 is 0. The molecule has 4 N–H and O–H groups in total. The van der Waals surface area contributed by atoms with Gasteiger partial charge in [-0.3, -0.25) is 9.59 Å². The number of nitrogens with zero attached hydrogens (tertiary/aromatic N) is 1. The van der Waals surface area contributed by atoms with Crippen LogP contribution >= 0.6 is 0 Å². The number of pyridine rings is 1. The molecule has 0 bridgehead atoms. The maximum atomic E-state index is 12.2. The van der Waals surface area contributed by atoms with Gasteiger partial charge in [-0.2, -0.15) is 0 Å². The quantitative estimate of drug-likeness (QED) is 0.407. The molecule has 3 aromatic heterocycles. The number of H-pyrrole nitrogens is 2. The Hall–Kier alpha value is -4.27. The second kappa shape index (κ2) is 7.28. The molecule has 0 unspecified atom stereocenters. The second-order valence-electron chi connectivity index (χ2n) is 6.51. The van der Waals surface area contributed by atoms with Crippen LogP contribution < -0.4 is 15.7 Å². The maximum Gasteiger partial charge on any atom is 0.258 e. The Bertz CT molecular complexity index is 1370. The van der Waals surface area contributed by atoms with E-state index < -0.39 is 11.2 Å². The first-order chi connectivity index (χ1) is 14.4. The number of benzene rings is 1. The molecule has 0 atom stereocenters. The van der Waals surface area contributed by atoms with E-state index in [9.17, 15) is 19.8 Å². The van der Waals surface area contributed by atoms with Gasteiger partial charge in [-0.05, 0) is 37.3 Å². The van der Waals surface area contributed by atoms with Gasteiger partial charge in [-0.1, -0.05) is 0 Å². The molecule has 30 heavy (non-hydrogen) atoms. The van der Waals surface area contributed by atoms with Crippen LogP contribution in [-0.4, -0.2) is 32.3 Å². The molecule has 4 rings (SSSR count). The molecule has 0 aliphatic rings. The van der Waals surface area contributed by atoms with Crippen LogP contribution in [0.2, 0.25) is 0 Å². The fourth-order valence-electron chi connectivity index (χ4n) is 3.08. The highest BCUT2D eigenvalue weighted by atomic mass is 16.5. The van der Waals surface area contributed by atoms with Gasteiger partial charge in [-0.15, -0.1) is 0 Å². The summed E-state index contributed by atoms with van der Waals surface area (Å²) in [6.45, 7) is 1.58. The summed E-state index contributed by atoms with van der Waals surface area (Å²) in [6, 6.07) is 8.94. The summed E-state index contributed by atoms with van der Waals surface area (Å²) in [5, 5.41) is 20.2. The van der Waals surface area contributed by atoms with Gasteiger partial charge in [0.25, 0.3) is 5.56 Å². The number of hydrogen-bond donors (Lipinski definition) is 4. The number of phenolic OH excluding ortho intramolecular Hbond substituents is 1.